The van der Waals surface area contributed by atoms with Gasteiger partial charge in [-0.25, -0.2) is 0 Å². The van der Waals surface area contributed by atoms with E-state index in [1.807, 2.05) is 13.2 Å². The van der Waals surface area contributed by atoms with E-state index in [-0.39, 0.29) is 0 Å². The first-order valence-corrected chi connectivity index (χ1v) is 5.72. The zero-order valence-corrected chi connectivity index (χ0v) is 8.89. The molecule has 80 valence electrons. The van der Waals surface area contributed by atoms with E-state index in [2.05, 4.69) is 9.71 Å². The van der Waals surface area contributed by atoms with Gasteiger partial charge in [-0.2, -0.15) is 8.42 Å². The fourth-order valence-electron chi connectivity index (χ4n) is 0.307. The molecule has 0 aliphatic rings. The lowest BCUT2D eigenvalue weighted by atomic mass is 10.8. The van der Waals surface area contributed by atoms with Crippen molar-refractivity contribution in [2.75, 3.05) is 12.8 Å². The minimum atomic E-state index is -4.67. The Morgan fingerprint density at radius 3 is 2.23 bits per heavy atom. The van der Waals surface area contributed by atoms with Gasteiger partial charge in [-0.1, -0.05) is 11.9 Å². The van der Waals surface area contributed by atoms with Crippen LogP contribution in [-0.4, -0.2) is 36.3 Å². The lowest BCUT2D eigenvalue weighted by Gasteiger charge is -1.96. The summed E-state index contributed by atoms with van der Waals surface area (Å²) in [4.78, 5) is 3.88. The largest absolute Gasteiger partial charge is 0.394 e. The molecule has 13 heavy (non-hydrogen) atoms. The second kappa shape index (κ2) is 8.10. The summed E-state index contributed by atoms with van der Waals surface area (Å²) in [6.07, 6.45) is 1.90. The van der Waals surface area contributed by atoms with E-state index >= 15 is 0 Å². The molecule has 0 aromatic carbocycles. The van der Waals surface area contributed by atoms with Gasteiger partial charge in [-0.3, -0.25) is 14.1 Å². The van der Waals surface area contributed by atoms with Crippen LogP contribution >= 0.6 is 11.9 Å². The van der Waals surface area contributed by atoms with E-state index in [1.54, 1.807) is 0 Å². The maximum absolute atomic E-state index is 8.74. The molecule has 0 aromatic heterocycles. The van der Waals surface area contributed by atoms with Crippen LogP contribution in [0.4, 0.5) is 0 Å². The number of guanidine groups is 1. The highest BCUT2D eigenvalue weighted by molar-refractivity contribution is 7.97. The topological polar surface area (TPSA) is 125 Å². The van der Waals surface area contributed by atoms with Gasteiger partial charge in [0.2, 0.25) is 0 Å². The maximum Gasteiger partial charge on any atom is 0.394 e. The van der Waals surface area contributed by atoms with Gasteiger partial charge in [0, 0.05) is 12.8 Å². The summed E-state index contributed by atoms with van der Waals surface area (Å²) in [5, 5.41) is 0. The Morgan fingerprint density at radius 1 is 1.62 bits per heavy atom. The highest BCUT2D eigenvalue weighted by atomic mass is 32.3. The summed E-state index contributed by atoms with van der Waals surface area (Å²) in [5.74, 6) is 0.500. The third kappa shape index (κ3) is 34.3. The predicted molar refractivity (Wildman–Crippen MR) is 53.0 cm³/mol. The van der Waals surface area contributed by atoms with Crippen LogP contribution in [0.25, 0.3) is 0 Å². The van der Waals surface area contributed by atoms with Crippen molar-refractivity contribution in [3.8, 4) is 0 Å². The Kier molecular flexibility index (Phi) is 9.34. The highest BCUT2D eigenvalue weighted by Gasteiger charge is 1.84. The second-order valence-corrected chi connectivity index (χ2v) is 3.12. The first-order chi connectivity index (χ1) is 5.81. The molecule has 0 saturated carbocycles. The van der Waals surface area contributed by atoms with Gasteiger partial charge >= 0.3 is 10.4 Å². The van der Waals surface area contributed by atoms with Crippen LogP contribution in [0.5, 0.6) is 0 Å². The van der Waals surface area contributed by atoms with E-state index in [9.17, 15) is 0 Å². The van der Waals surface area contributed by atoms with Gasteiger partial charge in [0.15, 0.2) is 5.96 Å². The molecule has 0 aliphatic carbocycles. The summed E-state index contributed by atoms with van der Waals surface area (Å²) in [5.41, 5.74) is 5.31. The van der Waals surface area contributed by atoms with Crippen molar-refractivity contribution in [3.63, 3.8) is 0 Å². The molecule has 0 bridgehead atoms. The Bertz CT molecular complexity index is 230. The van der Waals surface area contributed by atoms with Crippen molar-refractivity contribution >= 4 is 28.3 Å². The zero-order chi connectivity index (χ0) is 10.9. The quantitative estimate of drug-likeness (QED) is 0.219. The first kappa shape index (κ1) is 15.0. The fourth-order valence-corrected chi connectivity index (χ4v) is 0.581. The van der Waals surface area contributed by atoms with Crippen LogP contribution in [0.15, 0.2) is 4.99 Å². The molecule has 0 radical (unpaired) electrons. The molecule has 5 N–H and O–H groups in total. The molecule has 0 rings (SSSR count). The maximum atomic E-state index is 8.74. The van der Waals surface area contributed by atoms with Gasteiger partial charge in [0.25, 0.3) is 0 Å². The number of nitrogens with two attached hydrogens (primary N) is 1. The second-order valence-electron chi connectivity index (χ2n) is 1.61. The highest BCUT2D eigenvalue weighted by Crippen LogP contribution is 1.78. The number of hydrogen-bond acceptors (Lipinski definition) is 4. The third-order valence-electron chi connectivity index (χ3n) is 0.535. The lowest BCUT2D eigenvalue weighted by Crippen LogP contribution is -2.25. The van der Waals surface area contributed by atoms with E-state index in [0.717, 1.165) is 6.54 Å². The van der Waals surface area contributed by atoms with Crippen molar-refractivity contribution < 1.29 is 17.5 Å². The molecule has 0 aromatic rings. The molecule has 0 unspecified atom stereocenters. The SMILES string of the molecule is CCN=C(N)NSC.O=S(=O)(O)O. The van der Waals surface area contributed by atoms with E-state index in [1.165, 1.54) is 11.9 Å². The van der Waals surface area contributed by atoms with Gasteiger partial charge in [0.05, 0.1) is 0 Å². The minimum Gasteiger partial charge on any atom is -0.369 e. The molecular formula is C4H13N3O4S2. The third-order valence-corrected chi connectivity index (χ3v) is 0.948. The molecule has 0 amide bonds. The van der Waals surface area contributed by atoms with Gasteiger partial charge in [-0.15, -0.1) is 0 Å². The molecule has 0 fully saturated rings. The van der Waals surface area contributed by atoms with Crippen molar-refractivity contribution in [3.05, 3.63) is 0 Å². The standard InChI is InChI=1S/C4H11N3S.H2O4S/c1-3-6-4(5)7-8-2;1-5(2,3)4/h3H2,1-2H3,(H3,5,6,7);(H2,1,2,3,4). The number of rotatable bonds is 2. The van der Waals surface area contributed by atoms with Crippen LogP contribution in [0, 0.1) is 0 Å². The van der Waals surface area contributed by atoms with E-state index in [4.69, 9.17) is 23.3 Å². The molecule has 9 heteroatoms. The molecule has 0 spiro atoms. The van der Waals surface area contributed by atoms with Crippen LogP contribution < -0.4 is 10.5 Å². The Hall–Kier alpha value is -0.510. The Labute approximate surface area is 81.5 Å². The van der Waals surface area contributed by atoms with E-state index in [0.29, 0.717) is 5.96 Å². The predicted octanol–water partition coefficient (Wildman–Crippen LogP) is -0.464. The molecule has 0 heterocycles. The summed E-state index contributed by atoms with van der Waals surface area (Å²) in [6.45, 7) is 2.67. The molecule has 7 nitrogen and oxygen atoms in total. The van der Waals surface area contributed by atoms with Crippen LogP contribution in [0.1, 0.15) is 6.92 Å². The summed E-state index contributed by atoms with van der Waals surface area (Å²) >= 11 is 1.44. The van der Waals surface area contributed by atoms with Crippen molar-refractivity contribution in [1.29, 1.82) is 0 Å². The number of hydrogen-bond donors (Lipinski definition) is 4. The Balaban J connectivity index is 0. The Morgan fingerprint density at radius 2 is 2.00 bits per heavy atom. The molecule has 0 saturated heterocycles. The van der Waals surface area contributed by atoms with Crippen LogP contribution in [0.3, 0.4) is 0 Å². The minimum absolute atomic E-state index is 0.500. The van der Waals surface area contributed by atoms with Crippen molar-refractivity contribution in [2.24, 2.45) is 10.7 Å². The van der Waals surface area contributed by atoms with E-state index < -0.39 is 10.4 Å². The number of aliphatic imine (C=N–C) groups is 1. The smallest absolute Gasteiger partial charge is 0.369 e. The first-order valence-electron chi connectivity index (χ1n) is 3.10. The van der Waals surface area contributed by atoms with Crippen molar-refractivity contribution in [1.82, 2.24) is 4.72 Å². The zero-order valence-electron chi connectivity index (χ0n) is 7.26. The monoisotopic (exact) mass is 231 g/mol. The summed E-state index contributed by atoms with van der Waals surface area (Å²) in [6, 6.07) is 0. The average Bonchev–Trinajstić information content (AvgIpc) is 1.84. The average molecular weight is 231 g/mol. The molecule has 0 atom stereocenters. The van der Waals surface area contributed by atoms with Gasteiger partial charge < -0.3 is 10.5 Å². The van der Waals surface area contributed by atoms with Crippen LogP contribution in [0.2, 0.25) is 0 Å². The molecule has 0 aliphatic heterocycles. The number of nitrogens with one attached hydrogen (secondary N) is 1. The lowest BCUT2D eigenvalue weighted by molar-refractivity contribution is 0.381. The van der Waals surface area contributed by atoms with Crippen molar-refractivity contribution in [2.45, 2.75) is 6.92 Å². The van der Waals surface area contributed by atoms with Gasteiger partial charge in [0.1, 0.15) is 0 Å². The van der Waals surface area contributed by atoms with Crippen LogP contribution in [-0.2, 0) is 10.4 Å². The normalized spacial score (nSPS) is 11.5. The van der Waals surface area contributed by atoms with Gasteiger partial charge in [-0.05, 0) is 6.92 Å². The molecular weight excluding hydrogens is 218 g/mol. The number of nitrogens with zero attached hydrogens (tertiary/aromatic N) is 1. The fraction of sp³-hybridized carbons (Fsp3) is 0.750. The summed E-state index contributed by atoms with van der Waals surface area (Å²) in [7, 11) is -4.67. The summed E-state index contributed by atoms with van der Waals surface area (Å²) < 4.78 is 34.4.